The zero-order valence-electron chi connectivity index (χ0n) is 18.8. The van der Waals surface area contributed by atoms with Gasteiger partial charge in [-0.2, -0.15) is 0 Å². The molecule has 172 valence electrons. The summed E-state index contributed by atoms with van der Waals surface area (Å²) in [6.07, 6.45) is 1.93. The lowest BCUT2D eigenvalue weighted by Gasteiger charge is -2.10. The van der Waals surface area contributed by atoms with E-state index in [1.165, 1.54) is 11.8 Å². The number of carbonyl (C=O) groups is 1. The number of methoxy groups -OCH3 is 2. The van der Waals surface area contributed by atoms with Gasteiger partial charge in [-0.05, 0) is 60.7 Å². The van der Waals surface area contributed by atoms with E-state index >= 15 is 0 Å². The van der Waals surface area contributed by atoms with Crippen LogP contribution in [-0.2, 0) is 4.79 Å². The Balaban J connectivity index is 1.53. The number of aromatic nitrogens is 4. The number of benzene rings is 2. The highest BCUT2D eigenvalue weighted by molar-refractivity contribution is 7.99. The third kappa shape index (κ3) is 5.87. The summed E-state index contributed by atoms with van der Waals surface area (Å²) < 4.78 is 10.5. The minimum absolute atomic E-state index is 0.121. The van der Waals surface area contributed by atoms with Crippen LogP contribution in [0.4, 0.5) is 5.82 Å². The van der Waals surface area contributed by atoms with Crippen molar-refractivity contribution in [2.24, 2.45) is 0 Å². The number of nitrogens with zero attached hydrogens (tertiary/aromatic N) is 4. The SMILES string of the molecule is COc1ccc(-c2nnc(SCCC(=O)Nc3ccccn3)nc2-c2ccc(OC)cc2)cc1. The molecular weight excluding hydrogens is 450 g/mol. The van der Waals surface area contributed by atoms with Gasteiger partial charge >= 0.3 is 0 Å². The summed E-state index contributed by atoms with van der Waals surface area (Å²) in [7, 11) is 3.25. The number of amides is 1. The summed E-state index contributed by atoms with van der Waals surface area (Å²) in [5.41, 5.74) is 3.11. The summed E-state index contributed by atoms with van der Waals surface area (Å²) in [4.78, 5) is 21.1. The molecule has 0 fully saturated rings. The van der Waals surface area contributed by atoms with Crippen LogP contribution in [0, 0.1) is 0 Å². The van der Waals surface area contributed by atoms with Crippen LogP contribution in [0.15, 0.2) is 78.1 Å². The van der Waals surface area contributed by atoms with Gasteiger partial charge in [0.25, 0.3) is 0 Å². The summed E-state index contributed by atoms with van der Waals surface area (Å²) >= 11 is 1.38. The van der Waals surface area contributed by atoms with E-state index in [0.717, 1.165) is 22.6 Å². The number of hydrogen-bond acceptors (Lipinski definition) is 8. The van der Waals surface area contributed by atoms with E-state index in [2.05, 4.69) is 20.5 Å². The van der Waals surface area contributed by atoms with Crippen molar-refractivity contribution in [2.45, 2.75) is 11.6 Å². The van der Waals surface area contributed by atoms with Crippen LogP contribution in [0.5, 0.6) is 11.5 Å². The Hall–Kier alpha value is -3.98. The standard InChI is InChI=1S/C25H23N5O3S/c1-32-19-10-6-17(7-11-19)23-24(18-8-12-20(33-2)13-9-18)29-30-25(28-23)34-16-14-22(31)27-21-5-3-4-15-26-21/h3-13,15H,14,16H2,1-2H3,(H,26,27,31). The lowest BCUT2D eigenvalue weighted by molar-refractivity contribution is -0.115. The molecule has 0 spiro atoms. The fourth-order valence-corrected chi connectivity index (χ4v) is 3.87. The van der Waals surface area contributed by atoms with Crippen molar-refractivity contribution in [3.05, 3.63) is 72.9 Å². The van der Waals surface area contributed by atoms with E-state index in [9.17, 15) is 4.79 Å². The molecule has 0 atom stereocenters. The molecule has 0 aliphatic heterocycles. The molecule has 1 N–H and O–H groups in total. The van der Waals surface area contributed by atoms with Gasteiger partial charge in [-0.25, -0.2) is 9.97 Å². The molecule has 1 amide bonds. The van der Waals surface area contributed by atoms with Crippen LogP contribution in [0.25, 0.3) is 22.5 Å². The third-order valence-corrected chi connectivity index (χ3v) is 5.73. The van der Waals surface area contributed by atoms with E-state index in [1.54, 1.807) is 32.5 Å². The maximum absolute atomic E-state index is 12.2. The smallest absolute Gasteiger partial charge is 0.226 e. The predicted octanol–water partition coefficient (Wildman–Crippen LogP) is 4.74. The van der Waals surface area contributed by atoms with Gasteiger partial charge in [0.05, 0.1) is 14.2 Å². The van der Waals surface area contributed by atoms with Crippen molar-refractivity contribution < 1.29 is 14.3 Å². The van der Waals surface area contributed by atoms with Crippen LogP contribution in [0.1, 0.15) is 6.42 Å². The zero-order valence-corrected chi connectivity index (χ0v) is 19.6. The van der Waals surface area contributed by atoms with Crippen molar-refractivity contribution in [1.82, 2.24) is 20.2 Å². The normalized spacial score (nSPS) is 10.5. The van der Waals surface area contributed by atoms with Gasteiger partial charge in [0, 0.05) is 29.5 Å². The van der Waals surface area contributed by atoms with Gasteiger partial charge in [-0.15, -0.1) is 10.2 Å². The minimum atomic E-state index is -0.121. The van der Waals surface area contributed by atoms with Crippen LogP contribution in [0.3, 0.4) is 0 Å². The van der Waals surface area contributed by atoms with E-state index < -0.39 is 0 Å². The second-order valence-corrected chi connectivity index (χ2v) is 8.17. The molecule has 0 aliphatic carbocycles. The predicted molar refractivity (Wildman–Crippen MR) is 132 cm³/mol. The number of carbonyl (C=O) groups excluding carboxylic acids is 1. The first-order chi connectivity index (χ1) is 16.7. The first-order valence-corrected chi connectivity index (χ1v) is 11.5. The Morgan fingerprint density at radius 2 is 1.50 bits per heavy atom. The third-order valence-electron chi connectivity index (χ3n) is 4.89. The Labute approximate surface area is 201 Å². The molecule has 0 unspecified atom stereocenters. The molecule has 4 rings (SSSR count). The molecule has 9 heteroatoms. The first-order valence-electron chi connectivity index (χ1n) is 10.5. The number of ether oxygens (including phenoxy) is 2. The van der Waals surface area contributed by atoms with Crippen molar-refractivity contribution in [1.29, 1.82) is 0 Å². The highest BCUT2D eigenvalue weighted by Crippen LogP contribution is 2.31. The molecule has 34 heavy (non-hydrogen) atoms. The molecule has 0 saturated carbocycles. The molecule has 2 aromatic heterocycles. The highest BCUT2D eigenvalue weighted by Gasteiger charge is 2.15. The second kappa shape index (κ2) is 11.2. The minimum Gasteiger partial charge on any atom is -0.497 e. The fourth-order valence-electron chi connectivity index (χ4n) is 3.14. The number of nitrogens with one attached hydrogen (secondary N) is 1. The van der Waals surface area contributed by atoms with Crippen LogP contribution in [0.2, 0.25) is 0 Å². The van der Waals surface area contributed by atoms with Gasteiger partial charge in [0.2, 0.25) is 11.1 Å². The van der Waals surface area contributed by atoms with Crippen LogP contribution < -0.4 is 14.8 Å². The van der Waals surface area contributed by atoms with Crippen molar-refractivity contribution >= 4 is 23.5 Å². The molecule has 0 bridgehead atoms. The van der Waals surface area contributed by atoms with Crippen molar-refractivity contribution in [3.8, 4) is 34.0 Å². The molecule has 0 radical (unpaired) electrons. The van der Waals surface area contributed by atoms with Crippen LogP contribution in [-0.4, -0.2) is 46.0 Å². The number of anilines is 1. The Kier molecular flexibility index (Phi) is 7.67. The lowest BCUT2D eigenvalue weighted by atomic mass is 10.0. The average Bonchev–Trinajstić information content (AvgIpc) is 2.89. The van der Waals surface area contributed by atoms with Gasteiger partial charge < -0.3 is 14.8 Å². The Morgan fingerprint density at radius 1 is 0.853 bits per heavy atom. The molecule has 8 nitrogen and oxygen atoms in total. The van der Waals surface area contributed by atoms with E-state index in [1.807, 2.05) is 54.6 Å². The zero-order chi connectivity index (χ0) is 23.8. The second-order valence-electron chi connectivity index (χ2n) is 7.11. The van der Waals surface area contributed by atoms with Crippen LogP contribution >= 0.6 is 11.8 Å². The molecular formula is C25H23N5O3S. The largest absolute Gasteiger partial charge is 0.497 e. The summed E-state index contributed by atoms with van der Waals surface area (Å²) in [5, 5.41) is 12.0. The van der Waals surface area contributed by atoms with Crippen molar-refractivity contribution in [3.63, 3.8) is 0 Å². The highest BCUT2D eigenvalue weighted by atomic mass is 32.2. The average molecular weight is 474 g/mol. The number of thioether (sulfide) groups is 1. The van der Waals surface area contributed by atoms with E-state index in [0.29, 0.717) is 34.5 Å². The molecule has 2 aromatic carbocycles. The summed E-state index contributed by atoms with van der Waals surface area (Å²) in [6, 6.07) is 20.6. The Bertz CT molecular complexity index is 1240. The number of pyridine rings is 1. The quantitative estimate of drug-likeness (QED) is 0.348. The molecule has 0 saturated heterocycles. The van der Waals surface area contributed by atoms with E-state index in [4.69, 9.17) is 14.5 Å². The number of rotatable bonds is 9. The maximum Gasteiger partial charge on any atom is 0.226 e. The summed E-state index contributed by atoms with van der Waals surface area (Å²) in [5.74, 6) is 2.42. The maximum atomic E-state index is 12.2. The van der Waals surface area contributed by atoms with Gasteiger partial charge in [0.1, 0.15) is 28.7 Å². The molecule has 4 aromatic rings. The molecule has 2 heterocycles. The van der Waals surface area contributed by atoms with Gasteiger partial charge in [0.15, 0.2) is 0 Å². The fraction of sp³-hybridized carbons (Fsp3) is 0.160. The Morgan fingerprint density at radius 3 is 2.09 bits per heavy atom. The van der Waals surface area contributed by atoms with Gasteiger partial charge in [-0.1, -0.05) is 17.8 Å². The summed E-state index contributed by atoms with van der Waals surface area (Å²) in [6.45, 7) is 0. The van der Waals surface area contributed by atoms with Crippen molar-refractivity contribution in [2.75, 3.05) is 25.3 Å². The topological polar surface area (TPSA) is 99.1 Å². The first kappa shape index (κ1) is 23.2. The monoisotopic (exact) mass is 473 g/mol. The number of hydrogen-bond donors (Lipinski definition) is 1. The molecule has 0 aliphatic rings. The lowest BCUT2D eigenvalue weighted by Crippen LogP contribution is -2.13. The van der Waals surface area contributed by atoms with Gasteiger partial charge in [-0.3, -0.25) is 4.79 Å². The van der Waals surface area contributed by atoms with E-state index in [-0.39, 0.29) is 5.91 Å².